The summed E-state index contributed by atoms with van der Waals surface area (Å²) in [5.41, 5.74) is 1.80. The van der Waals surface area contributed by atoms with Crippen LogP contribution in [0.25, 0.3) is 0 Å². The smallest absolute Gasteiger partial charge is 0.225 e. The molecule has 7 heteroatoms. The van der Waals surface area contributed by atoms with E-state index in [9.17, 15) is 4.79 Å². The van der Waals surface area contributed by atoms with Crippen molar-refractivity contribution >= 4 is 17.5 Å². The van der Waals surface area contributed by atoms with E-state index in [-0.39, 0.29) is 11.9 Å². The average molecular weight is 369 g/mol. The number of ether oxygens (including phenoxy) is 1. The van der Waals surface area contributed by atoms with Crippen LogP contribution in [-0.2, 0) is 9.53 Å². The zero-order valence-corrected chi connectivity index (χ0v) is 16.2. The van der Waals surface area contributed by atoms with Gasteiger partial charge in [-0.05, 0) is 45.2 Å². The molecule has 1 fully saturated rings. The molecule has 7 nitrogen and oxygen atoms in total. The number of anilines is 2. The van der Waals surface area contributed by atoms with Crippen LogP contribution in [0.2, 0.25) is 0 Å². The molecule has 1 aliphatic heterocycles. The molecule has 144 valence electrons. The minimum atomic E-state index is -0.0889. The number of rotatable bonds is 6. The van der Waals surface area contributed by atoms with E-state index in [0.717, 1.165) is 43.0 Å². The van der Waals surface area contributed by atoms with Crippen LogP contribution in [0, 0.1) is 13.8 Å². The Balaban J connectivity index is 1.83. The van der Waals surface area contributed by atoms with E-state index < -0.39 is 0 Å². The number of aromatic nitrogens is 3. The molecule has 1 saturated heterocycles. The summed E-state index contributed by atoms with van der Waals surface area (Å²) >= 11 is 0. The minimum absolute atomic E-state index is 0.0889. The summed E-state index contributed by atoms with van der Waals surface area (Å²) in [4.78, 5) is 28.3. The van der Waals surface area contributed by atoms with E-state index in [1.807, 2.05) is 43.0 Å². The molecule has 0 aliphatic carbocycles. The number of piperidine rings is 1. The van der Waals surface area contributed by atoms with E-state index in [0.29, 0.717) is 24.7 Å². The van der Waals surface area contributed by atoms with Crippen molar-refractivity contribution in [1.82, 2.24) is 19.9 Å². The zero-order chi connectivity index (χ0) is 19.2. The molecule has 0 saturated carbocycles. The SMILES string of the molecule is COCCC(=O)N1CCCCC1c1nc(C)cc(Nc2cccc(C)n2)n1. The van der Waals surface area contributed by atoms with Gasteiger partial charge < -0.3 is 15.0 Å². The highest BCUT2D eigenvalue weighted by atomic mass is 16.5. The Labute approximate surface area is 160 Å². The standard InChI is InChI=1S/C20H27N5O2/c1-14-7-6-9-17(21-14)23-18-13-15(2)22-20(24-18)16-8-4-5-11-25(16)19(26)10-12-27-3/h6-7,9,13,16H,4-5,8,10-12H2,1-3H3,(H,21,22,23,24). The number of methoxy groups -OCH3 is 1. The van der Waals surface area contributed by atoms with Gasteiger partial charge >= 0.3 is 0 Å². The maximum Gasteiger partial charge on any atom is 0.225 e. The number of hydrogen-bond acceptors (Lipinski definition) is 6. The first-order valence-electron chi connectivity index (χ1n) is 9.41. The number of aryl methyl sites for hydroxylation is 2. The van der Waals surface area contributed by atoms with Crippen molar-refractivity contribution in [3.05, 3.63) is 41.5 Å². The molecular formula is C20H27N5O2. The first-order valence-corrected chi connectivity index (χ1v) is 9.41. The van der Waals surface area contributed by atoms with E-state index in [2.05, 4.69) is 15.3 Å². The summed E-state index contributed by atoms with van der Waals surface area (Å²) in [7, 11) is 1.61. The number of nitrogens with zero attached hydrogens (tertiary/aromatic N) is 4. The Hall–Kier alpha value is -2.54. The average Bonchev–Trinajstić information content (AvgIpc) is 2.65. The Morgan fingerprint density at radius 3 is 2.81 bits per heavy atom. The van der Waals surface area contributed by atoms with Gasteiger partial charge in [-0.25, -0.2) is 15.0 Å². The van der Waals surface area contributed by atoms with Crippen molar-refractivity contribution in [1.29, 1.82) is 0 Å². The highest BCUT2D eigenvalue weighted by molar-refractivity contribution is 5.76. The second-order valence-corrected chi connectivity index (χ2v) is 6.88. The van der Waals surface area contributed by atoms with Gasteiger partial charge in [0.2, 0.25) is 5.91 Å². The predicted octanol–water partition coefficient (Wildman–Crippen LogP) is 3.32. The Bertz CT molecular complexity index is 796. The number of carbonyl (C=O) groups is 1. The summed E-state index contributed by atoms with van der Waals surface area (Å²) in [5, 5.41) is 3.26. The van der Waals surface area contributed by atoms with Gasteiger partial charge in [-0.1, -0.05) is 6.07 Å². The maximum absolute atomic E-state index is 12.6. The lowest BCUT2D eigenvalue weighted by Crippen LogP contribution is -2.39. The summed E-state index contributed by atoms with van der Waals surface area (Å²) in [6.45, 7) is 5.07. The van der Waals surface area contributed by atoms with Gasteiger partial charge in [0, 0.05) is 31.1 Å². The molecule has 0 radical (unpaired) electrons. The molecule has 3 heterocycles. The van der Waals surface area contributed by atoms with E-state index in [1.54, 1.807) is 7.11 Å². The van der Waals surface area contributed by atoms with Crippen LogP contribution in [0.5, 0.6) is 0 Å². The molecule has 3 rings (SSSR count). The minimum Gasteiger partial charge on any atom is -0.384 e. The fourth-order valence-electron chi connectivity index (χ4n) is 3.38. The topological polar surface area (TPSA) is 80.2 Å². The van der Waals surface area contributed by atoms with Crippen LogP contribution in [0.15, 0.2) is 24.3 Å². The molecule has 1 unspecified atom stereocenters. The van der Waals surface area contributed by atoms with E-state index in [1.165, 1.54) is 0 Å². The maximum atomic E-state index is 12.6. The van der Waals surface area contributed by atoms with Gasteiger partial charge in [0.25, 0.3) is 0 Å². The number of hydrogen-bond donors (Lipinski definition) is 1. The van der Waals surface area contributed by atoms with Crippen molar-refractivity contribution in [3.63, 3.8) is 0 Å². The molecule has 1 atom stereocenters. The first kappa shape index (κ1) is 19.2. The summed E-state index contributed by atoms with van der Waals surface area (Å²) < 4.78 is 5.06. The van der Waals surface area contributed by atoms with Gasteiger partial charge in [0.15, 0.2) is 5.82 Å². The van der Waals surface area contributed by atoms with Crippen LogP contribution in [0.4, 0.5) is 11.6 Å². The number of likely N-dealkylation sites (tertiary alicyclic amines) is 1. The Kier molecular flexibility index (Phi) is 6.34. The first-order chi connectivity index (χ1) is 13.1. The lowest BCUT2D eigenvalue weighted by Gasteiger charge is -2.35. The fraction of sp³-hybridized carbons (Fsp3) is 0.500. The van der Waals surface area contributed by atoms with E-state index >= 15 is 0 Å². The molecule has 1 N–H and O–H groups in total. The van der Waals surface area contributed by atoms with E-state index in [4.69, 9.17) is 9.72 Å². The van der Waals surface area contributed by atoms with Crippen molar-refractivity contribution in [2.24, 2.45) is 0 Å². The van der Waals surface area contributed by atoms with Crippen molar-refractivity contribution < 1.29 is 9.53 Å². The predicted molar refractivity (Wildman–Crippen MR) is 104 cm³/mol. The molecule has 27 heavy (non-hydrogen) atoms. The molecular weight excluding hydrogens is 342 g/mol. The third kappa shape index (κ3) is 5.01. The lowest BCUT2D eigenvalue weighted by molar-refractivity contribution is -0.136. The van der Waals surface area contributed by atoms with Crippen LogP contribution in [0.3, 0.4) is 0 Å². The van der Waals surface area contributed by atoms with Gasteiger partial charge in [0.1, 0.15) is 11.6 Å². The summed E-state index contributed by atoms with van der Waals surface area (Å²) in [6.07, 6.45) is 3.35. The normalized spacial score (nSPS) is 17.0. The zero-order valence-electron chi connectivity index (χ0n) is 16.2. The van der Waals surface area contributed by atoms with Gasteiger partial charge in [-0.3, -0.25) is 4.79 Å². The van der Waals surface area contributed by atoms with Crippen LogP contribution >= 0.6 is 0 Å². The molecule has 2 aromatic heterocycles. The number of carbonyl (C=O) groups excluding carboxylic acids is 1. The molecule has 0 bridgehead atoms. The third-order valence-corrected chi connectivity index (χ3v) is 4.66. The van der Waals surface area contributed by atoms with Crippen molar-refractivity contribution in [2.75, 3.05) is 25.6 Å². The summed E-state index contributed by atoms with van der Waals surface area (Å²) in [5.74, 6) is 2.23. The second-order valence-electron chi connectivity index (χ2n) is 6.88. The largest absolute Gasteiger partial charge is 0.384 e. The van der Waals surface area contributed by atoms with Gasteiger partial charge in [-0.2, -0.15) is 0 Å². The number of nitrogens with one attached hydrogen (secondary N) is 1. The van der Waals surface area contributed by atoms with Gasteiger partial charge in [0.05, 0.1) is 19.1 Å². The fourth-order valence-corrected chi connectivity index (χ4v) is 3.38. The van der Waals surface area contributed by atoms with Gasteiger partial charge in [-0.15, -0.1) is 0 Å². The Morgan fingerprint density at radius 2 is 2.04 bits per heavy atom. The lowest BCUT2D eigenvalue weighted by atomic mass is 10.0. The molecule has 1 aliphatic rings. The quantitative estimate of drug-likeness (QED) is 0.841. The Morgan fingerprint density at radius 1 is 1.19 bits per heavy atom. The van der Waals surface area contributed by atoms with Crippen molar-refractivity contribution in [2.45, 2.75) is 45.6 Å². The monoisotopic (exact) mass is 369 g/mol. The third-order valence-electron chi connectivity index (χ3n) is 4.66. The van der Waals surface area contributed by atoms with Crippen molar-refractivity contribution in [3.8, 4) is 0 Å². The molecule has 2 aromatic rings. The van der Waals surface area contributed by atoms with Crippen LogP contribution < -0.4 is 5.32 Å². The van der Waals surface area contributed by atoms with Crippen LogP contribution in [0.1, 0.15) is 48.9 Å². The number of amides is 1. The number of pyridine rings is 1. The molecule has 1 amide bonds. The molecule has 0 aromatic carbocycles. The molecule has 0 spiro atoms. The summed E-state index contributed by atoms with van der Waals surface area (Å²) in [6, 6.07) is 7.62. The van der Waals surface area contributed by atoms with Crippen LogP contribution in [-0.4, -0.2) is 46.0 Å². The highest BCUT2D eigenvalue weighted by Gasteiger charge is 2.30. The highest BCUT2D eigenvalue weighted by Crippen LogP contribution is 2.30. The second kappa shape index (κ2) is 8.90.